The average molecular weight is 236 g/mol. The van der Waals surface area contributed by atoms with Crippen molar-refractivity contribution in [3.05, 3.63) is 29.8 Å². The predicted molar refractivity (Wildman–Crippen MR) is 64.4 cm³/mol. The lowest BCUT2D eigenvalue weighted by Gasteiger charge is -2.04. The molecule has 92 valence electrons. The maximum Gasteiger partial charge on any atom is 0.303 e. The van der Waals surface area contributed by atoms with Crippen molar-refractivity contribution in [1.82, 2.24) is 5.32 Å². The monoisotopic (exact) mass is 236 g/mol. The SMILES string of the molecule is Nc1ccc(CC(=O)NCCCC(=O)O)cc1. The van der Waals surface area contributed by atoms with Crippen molar-refractivity contribution in [1.29, 1.82) is 0 Å². The van der Waals surface area contributed by atoms with Gasteiger partial charge >= 0.3 is 5.97 Å². The molecule has 0 aliphatic rings. The Morgan fingerprint density at radius 2 is 1.88 bits per heavy atom. The maximum absolute atomic E-state index is 11.5. The number of anilines is 1. The van der Waals surface area contributed by atoms with Gasteiger partial charge in [0.1, 0.15) is 0 Å². The van der Waals surface area contributed by atoms with E-state index >= 15 is 0 Å². The molecule has 0 saturated heterocycles. The molecule has 0 unspecified atom stereocenters. The van der Waals surface area contributed by atoms with Crippen LogP contribution in [0, 0.1) is 0 Å². The van der Waals surface area contributed by atoms with Crippen LogP contribution in [0.4, 0.5) is 5.69 Å². The topological polar surface area (TPSA) is 92.4 Å². The third-order valence-electron chi connectivity index (χ3n) is 2.23. The number of amides is 1. The molecule has 1 aromatic rings. The highest BCUT2D eigenvalue weighted by Crippen LogP contribution is 2.05. The average Bonchev–Trinajstić information content (AvgIpc) is 2.27. The smallest absolute Gasteiger partial charge is 0.303 e. The predicted octanol–water partition coefficient (Wildman–Crippen LogP) is 0.792. The largest absolute Gasteiger partial charge is 0.481 e. The molecular formula is C12H16N2O3. The zero-order valence-corrected chi connectivity index (χ0v) is 9.48. The summed E-state index contributed by atoms with van der Waals surface area (Å²) < 4.78 is 0. The van der Waals surface area contributed by atoms with Crippen LogP contribution in [0.3, 0.4) is 0 Å². The normalized spacial score (nSPS) is 9.88. The van der Waals surface area contributed by atoms with Gasteiger partial charge < -0.3 is 16.2 Å². The quantitative estimate of drug-likeness (QED) is 0.503. The highest BCUT2D eigenvalue weighted by Gasteiger charge is 2.03. The van der Waals surface area contributed by atoms with Crippen molar-refractivity contribution < 1.29 is 14.7 Å². The standard InChI is InChI=1S/C12H16N2O3/c13-10-5-3-9(4-6-10)8-11(15)14-7-1-2-12(16)17/h3-6H,1-2,7-8,13H2,(H,14,15)(H,16,17). The zero-order valence-electron chi connectivity index (χ0n) is 9.48. The fraction of sp³-hybridized carbons (Fsp3) is 0.333. The molecule has 17 heavy (non-hydrogen) atoms. The Bertz CT molecular complexity index is 387. The van der Waals surface area contributed by atoms with E-state index < -0.39 is 5.97 Å². The number of nitrogens with one attached hydrogen (secondary N) is 1. The van der Waals surface area contributed by atoms with Gasteiger partial charge in [-0.3, -0.25) is 9.59 Å². The summed E-state index contributed by atoms with van der Waals surface area (Å²) in [5, 5.41) is 11.1. The lowest BCUT2D eigenvalue weighted by Crippen LogP contribution is -2.26. The van der Waals surface area contributed by atoms with Crippen LogP contribution in [0.1, 0.15) is 18.4 Å². The Kier molecular flexibility index (Phi) is 5.00. The van der Waals surface area contributed by atoms with E-state index in [-0.39, 0.29) is 18.7 Å². The number of nitrogen functional groups attached to an aromatic ring is 1. The Morgan fingerprint density at radius 3 is 2.47 bits per heavy atom. The molecular weight excluding hydrogens is 220 g/mol. The first-order chi connectivity index (χ1) is 8.08. The molecule has 0 bridgehead atoms. The Balaban J connectivity index is 2.25. The molecule has 1 aromatic carbocycles. The molecule has 5 heteroatoms. The maximum atomic E-state index is 11.5. The molecule has 0 atom stereocenters. The summed E-state index contributed by atoms with van der Waals surface area (Å²) in [4.78, 5) is 21.7. The molecule has 1 amide bonds. The highest BCUT2D eigenvalue weighted by molar-refractivity contribution is 5.78. The van der Waals surface area contributed by atoms with Crippen molar-refractivity contribution in [2.75, 3.05) is 12.3 Å². The van der Waals surface area contributed by atoms with Gasteiger partial charge in [0.2, 0.25) is 5.91 Å². The van der Waals surface area contributed by atoms with Crippen LogP contribution in [0.5, 0.6) is 0 Å². The van der Waals surface area contributed by atoms with Crippen molar-refractivity contribution >= 4 is 17.6 Å². The summed E-state index contributed by atoms with van der Waals surface area (Å²) in [7, 11) is 0. The number of aliphatic carboxylic acids is 1. The number of carbonyl (C=O) groups excluding carboxylic acids is 1. The number of hydrogen-bond acceptors (Lipinski definition) is 3. The zero-order chi connectivity index (χ0) is 12.7. The summed E-state index contributed by atoms with van der Waals surface area (Å²) in [6.07, 6.45) is 0.804. The van der Waals surface area contributed by atoms with Crippen molar-refractivity contribution in [3.8, 4) is 0 Å². The third kappa shape index (κ3) is 5.55. The van der Waals surface area contributed by atoms with E-state index in [0.29, 0.717) is 18.7 Å². The lowest BCUT2D eigenvalue weighted by molar-refractivity contribution is -0.137. The van der Waals surface area contributed by atoms with Crippen LogP contribution < -0.4 is 11.1 Å². The highest BCUT2D eigenvalue weighted by atomic mass is 16.4. The van der Waals surface area contributed by atoms with Crippen molar-refractivity contribution in [2.45, 2.75) is 19.3 Å². The van der Waals surface area contributed by atoms with Gasteiger partial charge in [-0.05, 0) is 24.1 Å². The Labute approximate surface area is 99.6 Å². The van der Waals surface area contributed by atoms with E-state index in [9.17, 15) is 9.59 Å². The van der Waals surface area contributed by atoms with Crippen molar-refractivity contribution in [3.63, 3.8) is 0 Å². The van der Waals surface area contributed by atoms with Crippen LogP contribution in [-0.2, 0) is 16.0 Å². The van der Waals surface area contributed by atoms with Gasteiger partial charge in [-0.15, -0.1) is 0 Å². The second-order valence-corrected chi connectivity index (χ2v) is 3.77. The molecule has 0 aliphatic carbocycles. The van der Waals surface area contributed by atoms with Gasteiger partial charge in [-0.2, -0.15) is 0 Å². The lowest BCUT2D eigenvalue weighted by atomic mass is 10.1. The molecule has 0 saturated carbocycles. The van der Waals surface area contributed by atoms with Gasteiger partial charge in [-0.1, -0.05) is 12.1 Å². The number of carboxylic acids is 1. The van der Waals surface area contributed by atoms with Crippen LogP contribution in [0.25, 0.3) is 0 Å². The minimum absolute atomic E-state index is 0.0716. The number of hydrogen-bond donors (Lipinski definition) is 3. The Hall–Kier alpha value is -2.04. The van der Waals surface area contributed by atoms with Gasteiger partial charge in [0.05, 0.1) is 6.42 Å². The minimum Gasteiger partial charge on any atom is -0.481 e. The summed E-state index contributed by atoms with van der Waals surface area (Å²) in [5.74, 6) is -0.960. The minimum atomic E-state index is -0.849. The molecule has 0 spiro atoms. The summed E-state index contributed by atoms with van der Waals surface area (Å²) in [6, 6.07) is 7.08. The third-order valence-corrected chi connectivity index (χ3v) is 2.23. The van der Waals surface area contributed by atoms with E-state index in [4.69, 9.17) is 10.8 Å². The van der Waals surface area contributed by atoms with Gasteiger partial charge in [-0.25, -0.2) is 0 Å². The number of rotatable bonds is 6. The molecule has 0 aromatic heterocycles. The number of nitrogens with two attached hydrogens (primary N) is 1. The molecule has 0 fully saturated rings. The fourth-order valence-corrected chi connectivity index (χ4v) is 1.35. The summed E-state index contributed by atoms with van der Waals surface area (Å²) >= 11 is 0. The van der Waals surface area contributed by atoms with E-state index in [1.54, 1.807) is 24.3 Å². The first-order valence-corrected chi connectivity index (χ1v) is 5.41. The molecule has 0 heterocycles. The molecule has 0 radical (unpaired) electrons. The van der Waals surface area contributed by atoms with Gasteiger partial charge in [0.15, 0.2) is 0 Å². The second kappa shape index (κ2) is 6.52. The van der Waals surface area contributed by atoms with Gasteiger partial charge in [0.25, 0.3) is 0 Å². The summed E-state index contributed by atoms with van der Waals surface area (Å²) in [6.45, 7) is 0.389. The Morgan fingerprint density at radius 1 is 1.24 bits per heavy atom. The number of benzene rings is 1. The van der Waals surface area contributed by atoms with Gasteiger partial charge in [0, 0.05) is 18.7 Å². The number of carbonyl (C=O) groups is 2. The molecule has 5 nitrogen and oxygen atoms in total. The van der Waals surface area contributed by atoms with Crippen LogP contribution in [-0.4, -0.2) is 23.5 Å². The van der Waals surface area contributed by atoms with E-state index in [0.717, 1.165) is 5.56 Å². The van der Waals surface area contributed by atoms with Crippen molar-refractivity contribution in [2.24, 2.45) is 0 Å². The first-order valence-electron chi connectivity index (χ1n) is 5.41. The number of carboxylic acid groups (broad SMARTS) is 1. The molecule has 1 rings (SSSR count). The fourth-order valence-electron chi connectivity index (χ4n) is 1.35. The first kappa shape index (κ1) is 13.0. The molecule has 0 aliphatic heterocycles. The van der Waals surface area contributed by atoms with E-state index in [1.165, 1.54) is 0 Å². The van der Waals surface area contributed by atoms with Crippen LogP contribution in [0.15, 0.2) is 24.3 Å². The summed E-state index contributed by atoms with van der Waals surface area (Å²) in [5.41, 5.74) is 7.07. The van der Waals surface area contributed by atoms with Crippen LogP contribution in [0.2, 0.25) is 0 Å². The van der Waals surface area contributed by atoms with E-state index in [1.807, 2.05) is 0 Å². The van der Waals surface area contributed by atoms with Crippen LogP contribution >= 0.6 is 0 Å². The second-order valence-electron chi connectivity index (χ2n) is 3.77. The van der Waals surface area contributed by atoms with E-state index in [2.05, 4.69) is 5.32 Å². The molecule has 4 N–H and O–H groups in total.